The van der Waals surface area contributed by atoms with E-state index >= 15 is 0 Å². The Morgan fingerprint density at radius 2 is 1.76 bits per heavy atom. The Morgan fingerprint density at radius 3 is 2.29 bits per heavy atom. The van der Waals surface area contributed by atoms with Gasteiger partial charge in [-0.2, -0.15) is 0 Å². The third-order valence-electron chi connectivity index (χ3n) is 2.46. The molecule has 1 atom stereocenters. The van der Waals surface area contributed by atoms with Crippen molar-refractivity contribution in [1.82, 2.24) is 0 Å². The van der Waals surface area contributed by atoms with Gasteiger partial charge in [0.1, 0.15) is 5.75 Å². The van der Waals surface area contributed by atoms with Gasteiger partial charge in [-0.05, 0) is 18.2 Å². The molecule has 0 spiro atoms. The second-order valence-electron chi connectivity index (χ2n) is 5.13. The number of hydrogen-bond donors (Lipinski definition) is 0. The maximum Gasteiger partial charge on any atom is 0.516 e. The van der Waals surface area contributed by atoms with Crippen LogP contribution in [0.1, 0.15) is 27.7 Å². The van der Waals surface area contributed by atoms with Crippen LogP contribution in [0.4, 0.5) is 4.79 Å². The van der Waals surface area contributed by atoms with Gasteiger partial charge in [0.25, 0.3) is 6.29 Å². The summed E-state index contributed by atoms with van der Waals surface area (Å²) >= 11 is 5.79. The Balaban J connectivity index is 2.62. The minimum atomic E-state index is -0.994. The summed E-state index contributed by atoms with van der Waals surface area (Å²) in [6.07, 6.45) is -1.95. The average molecular weight is 315 g/mol. The molecular weight excluding hydrogens is 296 g/mol. The minimum absolute atomic E-state index is 0.195. The van der Waals surface area contributed by atoms with E-state index in [4.69, 9.17) is 25.8 Å². The van der Waals surface area contributed by atoms with Crippen LogP contribution in [0.15, 0.2) is 24.3 Å². The average Bonchev–Trinajstić information content (AvgIpc) is 2.37. The molecule has 116 valence electrons. The summed E-state index contributed by atoms with van der Waals surface area (Å²) in [7, 11) is 0. The van der Waals surface area contributed by atoms with Crippen molar-refractivity contribution in [3.63, 3.8) is 0 Å². The van der Waals surface area contributed by atoms with E-state index < -0.39 is 18.4 Å². The van der Waals surface area contributed by atoms with Gasteiger partial charge in [0.15, 0.2) is 0 Å². The lowest BCUT2D eigenvalue weighted by Crippen LogP contribution is -2.32. The van der Waals surface area contributed by atoms with Crippen molar-refractivity contribution >= 4 is 23.7 Å². The molecule has 6 heteroatoms. The lowest BCUT2D eigenvalue weighted by atomic mass is 10.2. The van der Waals surface area contributed by atoms with Gasteiger partial charge < -0.3 is 14.2 Å². The number of carbonyl (C=O) groups is 2. The fourth-order valence-electron chi connectivity index (χ4n) is 1.29. The van der Waals surface area contributed by atoms with Gasteiger partial charge >= 0.3 is 12.1 Å². The first-order valence-corrected chi connectivity index (χ1v) is 7.02. The Hall–Kier alpha value is -1.75. The molecule has 0 radical (unpaired) electrons. The highest BCUT2D eigenvalue weighted by Crippen LogP contribution is 2.19. The van der Waals surface area contributed by atoms with Crippen molar-refractivity contribution < 1.29 is 23.8 Å². The quantitative estimate of drug-likeness (QED) is 0.466. The molecule has 0 aliphatic rings. The summed E-state index contributed by atoms with van der Waals surface area (Å²) < 4.78 is 15.1. The molecule has 0 saturated carbocycles. The largest absolute Gasteiger partial charge is 0.516 e. The van der Waals surface area contributed by atoms with Crippen molar-refractivity contribution in [3.8, 4) is 5.75 Å². The molecule has 0 unspecified atom stereocenters. The van der Waals surface area contributed by atoms with Gasteiger partial charge in [0.2, 0.25) is 0 Å². The maximum atomic E-state index is 11.7. The topological polar surface area (TPSA) is 61.8 Å². The van der Waals surface area contributed by atoms with E-state index in [1.165, 1.54) is 6.07 Å². The molecule has 1 rings (SSSR count). The van der Waals surface area contributed by atoms with E-state index in [2.05, 4.69) is 0 Å². The first-order chi connectivity index (χ1) is 9.79. The Kier molecular flexibility index (Phi) is 6.49. The summed E-state index contributed by atoms with van der Waals surface area (Å²) in [6, 6.07) is 6.34. The molecule has 0 bridgehead atoms. The first-order valence-electron chi connectivity index (χ1n) is 6.64. The molecule has 0 amide bonds. The molecule has 0 fully saturated rings. The van der Waals surface area contributed by atoms with Gasteiger partial charge in [-0.3, -0.25) is 4.79 Å². The van der Waals surface area contributed by atoms with Gasteiger partial charge in [-0.1, -0.05) is 45.4 Å². The molecule has 0 aromatic heterocycles. The van der Waals surface area contributed by atoms with Crippen molar-refractivity contribution in [2.75, 3.05) is 0 Å². The van der Waals surface area contributed by atoms with E-state index in [1.54, 1.807) is 45.9 Å². The number of esters is 1. The summed E-state index contributed by atoms with van der Waals surface area (Å²) in [6.45, 7) is 6.93. The van der Waals surface area contributed by atoms with Crippen LogP contribution >= 0.6 is 11.6 Å². The smallest absolute Gasteiger partial charge is 0.425 e. The van der Waals surface area contributed by atoms with E-state index in [-0.39, 0.29) is 17.6 Å². The number of rotatable bonds is 5. The first kappa shape index (κ1) is 17.3. The lowest BCUT2D eigenvalue weighted by molar-refractivity contribution is -0.180. The molecule has 5 nitrogen and oxygen atoms in total. The second-order valence-corrected chi connectivity index (χ2v) is 5.57. The number of benzene rings is 1. The predicted octanol–water partition coefficient (Wildman–Crippen LogP) is 4.04. The Labute approximate surface area is 129 Å². The van der Waals surface area contributed by atoms with E-state index in [1.807, 2.05) is 0 Å². The minimum Gasteiger partial charge on any atom is -0.425 e. The third kappa shape index (κ3) is 6.04. The van der Waals surface area contributed by atoms with E-state index in [0.717, 1.165) is 0 Å². The highest BCUT2D eigenvalue weighted by atomic mass is 35.5. The fourth-order valence-corrected chi connectivity index (χ4v) is 1.47. The lowest BCUT2D eigenvalue weighted by Gasteiger charge is -2.21. The van der Waals surface area contributed by atoms with Crippen LogP contribution in [-0.2, 0) is 14.3 Å². The number of hydrogen-bond acceptors (Lipinski definition) is 5. The maximum absolute atomic E-state index is 11.7. The molecule has 21 heavy (non-hydrogen) atoms. The summed E-state index contributed by atoms with van der Waals surface area (Å²) in [5.41, 5.74) is 0. The molecule has 0 aliphatic carbocycles. The van der Waals surface area contributed by atoms with Crippen molar-refractivity contribution in [3.05, 3.63) is 29.3 Å². The molecule has 1 aromatic rings. The highest BCUT2D eigenvalue weighted by Gasteiger charge is 2.25. The van der Waals surface area contributed by atoms with Crippen LogP contribution < -0.4 is 4.74 Å². The fraction of sp³-hybridized carbons (Fsp3) is 0.467. The normalized spacial score (nSPS) is 12.1. The highest BCUT2D eigenvalue weighted by molar-refractivity contribution is 6.30. The molecule has 0 heterocycles. The van der Waals surface area contributed by atoms with Gasteiger partial charge in [0, 0.05) is 10.9 Å². The van der Waals surface area contributed by atoms with Crippen LogP contribution in [0.5, 0.6) is 5.75 Å². The monoisotopic (exact) mass is 314 g/mol. The second kappa shape index (κ2) is 7.88. The predicted molar refractivity (Wildman–Crippen MR) is 78.1 cm³/mol. The number of ether oxygens (including phenoxy) is 3. The molecular formula is C15H19ClO5. The standard InChI is InChI=1S/C15H19ClO5/c1-9(2)13(17)20-14(10(3)4)21-15(18)19-12-7-5-6-11(16)8-12/h5-10,14H,1-4H3/t14-/m0/s1. The molecule has 0 N–H and O–H groups in total. The summed E-state index contributed by atoms with van der Waals surface area (Å²) in [4.78, 5) is 23.3. The summed E-state index contributed by atoms with van der Waals surface area (Å²) in [5.74, 6) is -0.687. The SMILES string of the molecule is CC(C)C(=O)O[C@@H](OC(=O)Oc1cccc(Cl)c1)C(C)C. The zero-order chi connectivity index (χ0) is 16.0. The van der Waals surface area contributed by atoms with E-state index in [9.17, 15) is 9.59 Å². The zero-order valence-electron chi connectivity index (χ0n) is 12.5. The third-order valence-corrected chi connectivity index (χ3v) is 2.69. The van der Waals surface area contributed by atoms with Gasteiger partial charge in [0.05, 0.1) is 5.92 Å². The molecule has 0 saturated heterocycles. The van der Waals surface area contributed by atoms with Crippen molar-refractivity contribution in [1.29, 1.82) is 0 Å². The van der Waals surface area contributed by atoms with Crippen molar-refractivity contribution in [2.24, 2.45) is 11.8 Å². The zero-order valence-corrected chi connectivity index (χ0v) is 13.2. The number of carbonyl (C=O) groups excluding carboxylic acids is 2. The van der Waals surface area contributed by atoms with Crippen LogP contribution in [0.2, 0.25) is 5.02 Å². The van der Waals surface area contributed by atoms with Crippen LogP contribution in [0.25, 0.3) is 0 Å². The van der Waals surface area contributed by atoms with Gasteiger partial charge in [-0.15, -0.1) is 0 Å². The van der Waals surface area contributed by atoms with Crippen LogP contribution in [0.3, 0.4) is 0 Å². The van der Waals surface area contributed by atoms with Crippen molar-refractivity contribution in [2.45, 2.75) is 34.0 Å². The Bertz CT molecular complexity index is 499. The van der Waals surface area contributed by atoms with E-state index in [0.29, 0.717) is 5.02 Å². The van der Waals surface area contributed by atoms with Crippen LogP contribution in [0, 0.1) is 11.8 Å². The number of halogens is 1. The summed E-state index contributed by atoms with van der Waals surface area (Å²) in [5, 5.41) is 0.437. The van der Waals surface area contributed by atoms with Crippen LogP contribution in [-0.4, -0.2) is 18.4 Å². The molecule has 0 aliphatic heterocycles. The Morgan fingerprint density at radius 1 is 1.10 bits per heavy atom. The van der Waals surface area contributed by atoms with Gasteiger partial charge in [-0.25, -0.2) is 4.79 Å². The molecule has 1 aromatic carbocycles.